The summed E-state index contributed by atoms with van der Waals surface area (Å²) in [6.07, 6.45) is 25.4. The molecule has 4 saturated carbocycles. The Morgan fingerprint density at radius 1 is 0.476 bits per heavy atom. The number of hydrogen-bond donors (Lipinski definition) is 1. The van der Waals surface area contributed by atoms with Crippen LogP contribution in [0.4, 0.5) is 0 Å². The van der Waals surface area contributed by atoms with Crippen molar-refractivity contribution >= 4 is 107 Å². The molecular formula is C83H114Cl6N4O9S. The second-order valence-electron chi connectivity index (χ2n) is 28.5. The van der Waals surface area contributed by atoms with Crippen molar-refractivity contribution in [3.8, 4) is 11.5 Å². The number of β-amino-alcohol motifs (C(OH)–C–C–N with tert-alkyl or cyclic N) is 1. The van der Waals surface area contributed by atoms with Crippen LogP contribution in [0.25, 0.3) is 10.8 Å². The lowest BCUT2D eigenvalue weighted by Crippen LogP contribution is -2.46. The van der Waals surface area contributed by atoms with Crippen LogP contribution in [0.2, 0.25) is 10.0 Å². The first kappa shape index (κ1) is 86.5. The molecule has 0 amide bonds. The molecule has 4 aliphatic heterocycles. The minimum atomic E-state index is -0.158. The van der Waals surface area contributed by atoms with Crippen LogP contribution in [0.15, 0.2) is 140 Å². The third-order valence-electron chi connectivity index (χ3n) is 22.0. The number of methoxy groups -OCH3 is 2. The van der Waals surface area contributed by atoms with Gasteiger partial charge in [0.1, 0.15) is 11.6 Å². The Morgan fingerprint density at radius 3 is 1.46 bits per heavy atom. The summed E-state index contributed by atoms with van der Waals surface area (Å²) in [5.74, 6) is 4.97. The number of hydrogen-bond acceptors (Lipinski definition) is 14. The Kier molecular flexibility index (Phi) is 38.6. The van der Waals surface area contributed by atoms with Gasteiger partial charge in [-0.1, -0.05) is 190 Å². The van der Waals surface area contributed by atoms with Crippen molar-refractivity contribution in [1.29, 1.82) is 0 Å². The summed E-state index contributed by atoms with van der Waals surface area (Å²) in [6.45, 7) is 8.97. The van der Waals surface area contributed by atoms with E-state index in [2.05, 4.69) is 129 Å². The Labute approximate surface area is 653 Å². The van der Waals surface area contributed by atoms with Gasteiger partial charge in [0.15, 0.2) is 11.5 Å². The van der Waals surface area contributed by atoms with Crippen LogP contribution in [0.1, 0.15) is 156 Å². The van der Waals surface area contributed by atoms with Gasteiger partial charge in [0.25, 0.3) is 0 Å². The monoisotopic (exact) mass is 1550 g/mol. The molecule has 14 rings (SSSR count). The van der Waals surface area contributed by atoms with Crippen LogP contribution >= 0.6 is 84.6 Å². The van der Waals surface area contributed by atoms with Crippen LogP contribution in [-0.2, 0) is 47.8 Å². The highest BCUT2D eigenvalue weighted by molar-refractivity contribution is 7.99. The van der Waals surface area contributed by atoms with E-state index >= 15 is 0 Å². The van der Waals surface area contributed by atoms with E-state index < -0.39 is 0 Å². The molecule has 4 heterocycles. The average molecular weight is 1560 g/mol. The molecule has 6 aromatic rings. The molecule has 20 heteroatoms. The van der Waals surface area contributed by atoms with Gasteiger partial charge in [-0.2, -0.15) is 0 Å². The normalized spacial score (nSPS) is 24.6. The lowest BCUT2D eigenvalue weighted by atomic mass is 9.90. The number of carbonyl (C=O) groups is 2. The quantitative estimate of drug-likeness (QED) is 0.0655. The van der Waals surface area contributed by atoms with E-state index in [9.17, 15) is 14.7 Å². The second kappa shape index (κ2) is 45.9. The minimum Gasteiger partial charge on any atom is -0.493 e. The summed E-state index contributed by atoms with van der Waals surface area (Å²) >= 11 is 14.5. The maximum atomic E-state index is 11.8. The van der Waals surface area contributed by atoms with Gasteiger partial charge in [0.05, 0.1) is 84.3 Å². The van der Waals surface area contributed by atoms with Gasteiger partial charge in [-0.25, -0.2) is 0 Å². The fourth-order valence-electron chi connectivity index (χ4n) is 16.6. The van der Waals surface area contributed by atoms with E-state index in [1.807, 2.05) is 42.1 Å². The van der Waals surface area contributed by atoms with Gasteiger partial charge in [-0.3, -0.25) is 29.2 Å². The highest BCUT2D eigenvalue weighted by atomic mass is 35.5. The van der Waals surface area contributed by atoms with Crippen LogP contribution in [0.3, 0.4) is 0 Å². The molecule has 8 aliphatic rings. The van der Waals surface area contributed by atoms with Crippen molar-refractivity contribution < 1.29 is 43.1 Å². The number of thioether (sulfide) groups is 1. The number of ketones is 2. The topological polar surface area (TPSA) is 123 Å². The number of aliphatic hydroxyl groups is 1. The fraction of sp³-hybridized carbons (Fsp3) is 0.566. The zero-order valence-corrected chi connectivity index (χ0v) is 66.2. The number of carbonyl (C=O) groups excluding carboxylic acids is 2. The van der Waals surface area contributed by atoms with Gasteiger partial charge in [0.2, 0.25) is 0 Å². The van der Waals surface area contributed by atoms with Crippen molar-refractivity contribution in [2.75, 3.05) is 98.1 Å². The molecular weight excluding hydrogens is 1440 g/mol. The van der Waals surface area contributed by atoms with Crippen LogP contribution < -0.4 is 9.47 Å². The molecule has 8 fully saturated rings. The highest BCUT2D eigenvalue weighted by Crippen LogP contribution is 2.36. The van der Waals surface area contributed by atoms with E-state index in [4.69, 9.17) is 51.6 Å². The number of likely N-dealkylation sites (tertiary alicyclic amines) is 3. The highest BCUT2D eigenvalue weighted by Gasteiger charge is 2.38. The molecule has 103 heavy (non-hydrogen) atoms. The zero-order chi connectivity index (χ0) is 68.6. The molecule has 0 bridgehead atoms. The Balaban J connectivity index is 0.000000190. The number of fused-ring (bicyclic) bond motifs is 1. The van der Waals surface area contributed by atoms with E-state index in [1.54, 1.807) is 14.2 Å². The third kappa shape index (κ3) is 25.4. The summed E-state index contributed by atoms with van der Waals surface area (Å²) in [4.78, 5) is 33.2. The lowest BCUT2D eigenvalue weighted by molar-refractivity contribution is -0.118. The third-order valence-corrected chi connectivity index (χ3v) is 23.7. The largest absolute Gasteiger partial charge is 0.493 e. The predicted molar refractivity (Wildman–Crippen MR) is 431 cm³/mol. The summed E-state index contributed by atoms with van der Waals surface area (Å²) in [6, 6.07) is 50.0. The maximum absolute atomic E-state index is 11.8. The van der Waals surface area contributed by atoms with Gasteiger partial charge in [0, 0.05) is 97.3 Å². The molecule has 0 radical (unpaired) electrons. The summed E-state index contributed by atoms with van der Waals surface area (Å²) in [5, 5.41) is 13.9. The molecule has 4 saturated heterocycles. The van der Waals surface area contributed by atoms with Crippen LogP contribution in [-0.4, -0.2) is 189 Å². The van der Waals surface area contributed by atoms with Crippen LogP contribution in [0.5, 0.6) is 11.5 Å². The molecule has 9 atom stereocenters. The fourth-order valence-corrected chi connectivity index (χ4v) is 18.3. The number of ether oxygens (including phenoxy) is 6. The number of Topliss-reactive ketones (excluding diaryl/α,β-unsaturated/α-hetero) is 2. The molecule has 7 unspecified atom stereocenters. The van der Waals surface area contributed by atoms with E-state index in [1.165, 1.54) is 128 Å². The molecule has 6 aromatic carbocycles. The number of benzene rings is 6. The number of nitrogens with zero attached hydrogens (tertiary/aromatic N) is 4. The average Bonchev–Trinajstić information content (AvgIpc) is 1.83. The molecule has 568 valence electrons. The zero-order valence-electron chi connectivity index (χ0n) is 60.6. The molecule has 13 nitrogen and oxygen atoms in total. The summed E-state index contributed by atoms with van der Waals surface area (Å²) < 4.78 is 36.1. The van der Waals surface area contributed by atoms with E-state index in [0.717, 1.165) is 118 Å². The standard InChI is InChI=1S/C24H29NO2.C22H27NO2.C20H31NO4.C17H23Cl2NOS.4ClH/c26-21-15-16-25(17-21)23-13-7-8-14-24(23)27-18-22(19-9-3-1-4-10-19)20-11-5-2-6-12-20;24-19-12-14-23(16-19)21-10-3-4-11-22(21)25-15-13-18-8-5-7-17-6-1-2-9-20(17)18;1-23-19-8-7-15(13-20(19)24-2)10-12-25-18-6-4-3-5-17(18)21-11-9-16(22)14-21;18-14-4-3-5-15(19)13(14)8-10-21-17-7-2-1-6-16(17)20-9-11-22-12-20;;;;/h1-6,9-12,22-24H,7-8,13-18H2;1-2,5-9,21-22H,3-4,10-16H2;7-8,13,16-18,22H,3-6,9-12,14H2,1-2H3;3-5,16-17H,1-2,6-12H2;4*1H/t;21-,22?;;16-,17?;;;;/m.1.1..../s1. The van der Waals surface area contributed by atoms with Crippen molar-refractivity contribution in [3.63, 3.8) is 0 Å². The van der Waals surface area contributed by atoms with Crippen molar-refractivity contribution in [1.82, 2.24) is 19.6 Å². The Morgan fingerprint density at radius 2 is 0.951 bits per heavy atom. The molecule has 1 N–H and O–H groups in total. The predicted octanol–water partition coefficient (Wildman–Crippen LogP) is 17.6. The van der Waals surface area contributed by atoms with Gasteiger partial charge in [-0.05, 0) is 140 Å². The number of rotatable bonds is 23. The van der Waals surface area contributed by atoms with Gasteiger partial charge >= 0.3 is 0 Å². The lowest BCUT2D eigenvalue weighted by Gasteiger charge is -2.38. The first-order chi connectivity index (χ1) is 48.6. The Bertz CT molecular complexity index is 3360. The smallest absolute Gasteiger partial charge is 0.160 e. The van der Waals surface area contributed by atoms with Gasteiger partial charge < -0.3 is 33.5 Å². The van der Waals surface area contributed by atoms with Crippen LogP contribution in [0, 0.1) is 0 Å². The first-order valence-electron chi connectivity index (χ1n) is 37.5. The SMILES string of the molecule is COc1ccc(CCOC2CCCCC2N2CCC(O)C2)cc1OC.Cl.Cl.Cl.Cl.Clc1cccc(Cl)c1CCOC1CCCC[C@H]1N1CCSC1.O=C1CCN(C2CCCCC2OCC(c2ccccc2)c2ccccc2)C1.O=C1CCN([C@@H]2CCCCC2OCCc2cccc3ccccc23)C1. The second-order valence-corrected chi connectivity index (χ2v) is 30.4. The minimum absolute atomic E-state index is 0. The molecule has 4 aliphatic carbocycles. The maximum Gasteiger partial charge on any atom is 0.160 e. The summed E-state index contributed by atoms with van der Waals surface area (Å²) in [7, 11) is 3.31. The summed E-state index contributed by atoms with van der Waals surface area (Å²) in [5.41, 5.74) is 6.16. The number of aliphatic hydroxyl groups excluding tert-OH is 1. The first-order valence-corrected chi connectivity index (χ1v) is 39.4. The van der Waals surface area contributed by atoms with Crippen molar-refractivity contribution in [2.24, 2.45) is 0 Å². The van der Waals surface area contributed by atoms with E-state index in [-0.39, 0.29) is 73.9 Å². The Hall–Kier alpha value is -3.75. The molecule has 0 aromatic heterocycles. The van der Waals surface area contributed by atoms with Crippen molar-refractivity contribution in [3.05, 3.63) is 177 Å². The van der Waals surface area contributed by atoms with Gasteiger partial charge in [-0.15, -0.1) is 61.4 Å². The number of halogens is 6. The van der Waals surface area contributed by atoms with E-state index in [0.29, 0.717) is 87.3 Å². The van der Waals surface area contributed by atoms with Crippen molar-refractivity contribution in [2.45, 2.75) is 202 Å². The molecule has 0 spiro atoms.